The second-order valence-electron chi connectivity index (χ2n) is 4.69. The summed E-state index contributed by atoms with van der Waals surface area (Å²) in [6.07, 6.45) is 2.55. The summed E-state index contributed by atoms with van der Waals surface area (Å²) < 4.78 is 0. The lowest BCUT2D eigenvalue weighted by molar-refractivity contribution is 0.800. The summed E-state index contributed by atoms with van der Waals surface area (Å²) in [7, 11) is 0. The molecule has 0 aliphatic rings. The monoisotopic (exact) mass is 286 g/mol. The van der Waals surface area contributed by atoms with Crippen LogP contribution in [0, 0.1) is 0 Å². The van der Waals surface area contributed by atoms with E-state index in [1.807, 2.05) is 42.1 Å². The highest BCUT2D eigenvalue weighted by molar-refractivity contribution is 7.99. The van der Waals surface area contributed by atoms with Crippen LogP contribution in [-0.4, -0.2) is 5.75 Å². The second kappa shape index (κ2) is 8.67. The maximum atomic E-state index is 3.23. The lowest BCUT2D eigenvalue weighted by Gasteiger charge is -2.08. The van der Waals surface area contributed by atoms with Crippen molar-refractivity contribution in [1.82, 2.24) is 5.43 Å². The molecule has 20 heavy (non-hydrogen) atoms. The number of hydrogen-bond donors (Lipinski definition) is 2. The highest BCUT2D eigenvalue weighted by atomic mass is 32.2. The van der Waals surface area contributed by atoms with Crippen LogP contribution in [-0.2, 0) is 6.54 Å². The predicted octanol–water partition coefficient (Wildman–Crippen LogP) is 4.70. The third-order valence-corrected chi connectivity index (χ3v) is 4.09. The fourth-order valence-corrected chi connectivity index (χ4v) is 2.80. The molecule has 0 aromatic heterocycles. The molecule has 106 valence electrons. The largest absolute Gasteiger partial charge is 0.321 e. The van der Waals surface area contributed by atoms with E-state index in [-0.39, 0.29) is 0 Å². The first-order chi connectivity index (χ1) is 9.88. The van der Waals surface area contributed by atoms with E-state index >= 15 is 0 Å². The Morgan fingerprint density at radius 3 is 2.40 bits per heavy atom. The van der Waals surface area contributed by atoms with E-state index in [9.17, 15) is 0 Å². The normalized spacial score (nSPS) is 10.4. The average Bonchev–Trinajstić information content (AvgIpc) is 2.50. The quantitative estimate of drug-likeness (QED) is 0.418. The topological polar surface area (TPSA) is 24.1 Å². The summed E-state index contributed by atoms with van der Waals surface area (Å²) in [5.74, 6) is 1.21. The maximum absolute atomic E-state index is 3.23. The van der Waals surface area contributed by atoms with Crippen LogP contribution in [0.5, 0.6) is 0 Å². The number of unbranched alkanes of at least 4 members (excludes halogenated alkanes) is 1. The molecule has 0 fully saturated rings. The van der Waals surface area contributed by atoms with Gasteiger partial charge in [-0.3, -0.25) is 0 Å². The van der Waals surface area contributed by atoms with E-state index in [4.69, 9.17) is 0 Å². The molecule has 2 aromatic carbocycles. The third kappa shape index (κ3) is 5.27. The number of rotatable bonds is 8. The van der Waals surface area contributed by atoms with Crippen molar-refractivity contribution >= 4 is 17.4 Å². The van der Waals surface area contributed by atoms with Gasteiger partial charge in [0.1, 0.15) is 0 Å². The molecule has 3 heteroatoms. The van der Waals surface area contributed by atoms with Gasteiger partial charge in [-0.25, -0.2) is 5.43 Å². The molecule has 0 saturated heterocycles. The molecule has 2 rings (SSSR count). The predicted molar refractivity (Wildman–Crippen MR) is 89.0 cm³/mol. The van der Waals surface area contributed by atoms with Gasteiger partial charge < -0.3 is 5.43 Å². The maximum Gasteiger partial charge on any atom is 0.0487 e. The molecule has 0 unspecified atom stereocenters. The number of hydrazine groups is 1. The van der Waals surface area contributed by atoms with E-state index in [2.05, 4.69) is 42.0 Å². The minimum absolute atomic E-state index is 0.814. The molecule has 0 saturated carbocycles. The van der Waals surface area contributed by atoms with Crippen molar-refractivity contribution in [2.24, 2.45) is 0 Å². The van der Waals surface area contributed by atoms with Crippen molar-refractivity contribution in [3.63, 3.8) is 0 Å². The second-order valence-corrected chi connectivity index (χ2v) is 5.86. The highest BCUT2D eigenvalue weighted by Gasteiger charge is 1.96. The van der Waals surface area contributed by atoms with Crippen LogP contribution in [0.1, 0.15) is 25.3 Å². The van der Waals surface area contributed by atoms with Gasteiger partial charge in [0.05, 0.1) is 0 Å². The number of anilines is 1. The molecule has 0 aliphatic heterocycles. The lowest BCUT2D eigenvalue weighted by atomic mass is 10.2. The van der Waals surface area contributed by atoms with Crippen LogP contribution in [0.25, 0.3) is 0 Å². The van der Waals surface area contributed by atoms with Crippen LogP contribution >= 0.6 is 11.8 Å². The van der Waals surface area contributed by atoms with Gasteiger partial charge in [-0.1, -0.05) is 43.7 Å². The Kier molecular flexibility index (Phi) is 6.48. The van der Waals surface area contributed by atoms with Crippen molar-refractivity contribution in [2.75, 3.05) is 11.2 Å². The van der Waals surface area contributed by atoms with Gasteiger partial charge >= 0.3 is 0 Å². The first-order valence-corrected chi connectivity index (χ1v) is 8.12. The standard InChI is InChI=1S/C17H22N2S/c1-2-3-13-20-17-11-9-15(10-12-17)14-18-19-16-7-5-4-6-8-16/h4-12,18-19H,2-3,13-14H2,1H3. The van der Waals surface area contributed by atoms with Crippen molar-refractivity contribution in [3.8, 4) is 0 Å². The zero-order valence-corrected chi connectivity index (χ0v) is 12.7. The van der Waals surface area contributed by atoms with Gasteiger partial charge in [-0.05, 0) is 42.0 Å². The molecule has 2 nitrogen and oxygen atoms in total. The Morgan fingerprint density at radius 2 is 1.70 bits per heavy atom. The smallest absolute Gasteiger partial charge is 0.0487 e. The number of thioether (sulfide) groups is 1. The van der Waals surface area contributed by atoms with Crippen molar-refractivity contribution in [2.45, 2.75) is 31.2 Å². The summed E-state index contributed by atoms with van der Waals surface area (Å²) in [6, 6.07) is 18.9. The molecule has 0 heterocycles. The fourth-order valence-electron chi connectivity index (χ4n) is 1.81. The number of hydrogen-bond acceptors (Lipinski definition) is 3. The van der Waals surface area contributed by atoms with E-state index in [1.165, 1.54) is 29.1 Å². The molecular weight excluding hydrogens is 264 g/mol. The first-order valence-electron chi connectivity index (χ1n) is 7.14. The Bertz CT molecular complexity index is 482. The SMILES string of the molecule is CCCCSc1ccc(CNNc2ccccc2)cc1. The summed E-state index contributed by atoms with van der Waals surface area (Å²) >= 11 is 1.94. The summed E-state index contributed by atoms with van der Waals surface area (Å²) in [6.45, 7) is 3.05. The molecule has 0 aliphatic carbocycles. The van der Waals surface area contributed by atoms with E-state index < -0.39 is 0 Å². The van der Waals surface area contributed by atoms with Crippen molar-refractivity contribution in [1.29, 1.82) is 0 Å². The zero-order valence-electron chi connectivity index (χ0n) is 11.9. The molecule has 0 bridgehead atoms. The van der Waals surface area contributed by atoms with Crippen molar-refractivity contribution < 1.29 is 0 Å². The van der Waals surface area contributed by atoms with Gasteiger partial charge in [-0.2, -0.15) is 0 Å². The third-order valence-electron chi connectivity index (χ3n) is 2.99. The number of nitrogens with one attached hydrogen (secondary N) is 2. The molecular formula is C17H22N2S. The first kappa shape index (κ1) is 14.9. The molecule has 0 spiro atoms. The van der Waals surface area contributed by atoms with Gasteiger partial charge in [-0.15, -0.1) is 11.8 Å². The zero-order chi connectivity index (χ0) is 14.0. The van der Waals surface area contributed by atoms with E-state index in [0.717, 1.165) is 12.2 Å². The minimum atomic E-state index is 0.814. The number of para-hydroxylation sites is 1. The van der Waals surface area contributed by atoms with E-state index in [1.54, 1.807) is 0 Å². The molecule has 0 radical (unpaired) electrons. The molecule has 2 N–H and O–H groups in total. The van der Waals surface area contributed by atoms with Crippen molar-refractivity contribution in [3.05, 3.63) is 60.2 Å². The van der Waals surface area contributed by atoms with Crippen LogP contribution < -0.4 is 10.9 Å². The summed E-state index contributed by atoms with van der Waals surface area (Å²) in [5, 5.41) is 0. The molecule has 0 amide bonds. The molecule has 2 aromatic rings. The van der Waals surface area contributed by atoms with Crippen LogP contribution in [0.3, 0.4) is 0 Å². The Labute approximate surface area is 126 Å². The Hall–Kier alpha value is -1.45. The van der Waals surface area contributed by atoms with Gasteiger partial charge in [0.25, 0.3) is 0 Å². The van der Waals surface area contributed by atoms with Crippen LogP contribution in [0.4, 0.5) is 5.69 Å². The van der Waals surface area contributed by atoms with Crippen LogP contribution in [0.2, 0.25) is 0 Å². The van der Waals surface area contributed by atoms with Gasteiger partial charge in [0.15, 0.2) is 0 Å². The van der Waals surface area contributed by atoms with Gasteiger partial charge in [0, 0.05) is 17.1 Å². The van der Waals surface area contributed by atoms with Crippen LogP contribution in [0.15, 0.2) is 59.5 Å². The molecule has 0 atom stereocenters. The summed E-state index contributed by atoms with van der Waals surface area (Å²) in [4.78, 5) is 1.36. The fraction of sp³-hybridized carbons (Fsp3) is 0.294. The highest BCUT2D eigenvalue weighted by Crippen LogP contribution is 2.19. The van der Waals surface area contributed by atoms with E-state index in [0.29, 0.717) is 0 Å². The number of benzene rings is 2. The minimum Gasteiger partial charge on any atom is -0.321 e. The summed E-state index contributed by atoms with van der Waals surface area (Å²) in [5.41, 5.74) is 8.80. The lowest BCUT2D eigenvalue weighted by Crippen LogP contribution is -2.20. The Morgan fingerprint density at radius 1 is 0.950 bits per heavy atom. The average molecular weight is 286 g/mol. The Balaban J connectivity index is 1.73. The van der Waals surface area contributed by atoms with Gasteiger partial charge in [0.2, 0.25) is 0 Å².